The van der Waals surface area contributed by atoms with Crippen molar-refractivity contribution in [1.29, 1.82) is 0 Å². The highest BCUT2D eigenvalue weighted by atomic mass is 32.2. The maximum atomic E-state index is 10.8. The van der Waals surface area contributed by atoms with Crippen LogP contribution < -0.4 is 5.73 Å². The lowest BCUT2D eigenvalue weighted by Gasteiger charge is -2.27. The van der Waals surface area contributed by atoms with Crippen LogP contribution in [-0.2, 0) is 15.6 Å². The third-order valence-corrected chi connectivity index (χ3v) is 2.83. The quantitative estimate of drug-likeness (QED) is 0.648. The minimum atomic E-state index is -1.05. The van der Waals surface area contributed by atoms with Gasteiger partial charge >= 0.3 is 5.97 Å². The lowest BCUT2D eigenvalue weighted by atomic mass is 9.87. The van der Waals surface area contributed by atoms with Gasteiger partial charge in [-0.2, -0.15) is 0 Å². The van der Waals surface area contributed by atoms with Gasteiger partial charge in [-0.15, -0.1) is 0 Å². The Morgan fingerprint density at radius 3 is 2.33 bits per heavy atom. The summed E-state index contributed by atoms with van der Waals surface area (Å²) in [7, 11) is -1.02. The van der Waals surface area contributed by atoms with Crippen molar-refractivity contribution in [2.45, 2.75) is 19.9 Å². The van der Waals surface area contributed by atoms with Gasteiger partial charge in [-0.3, -0.25) is 9.00 Å². The molecule has 0 heterocycles. The van der Waals surface area contributed by atoms with Crippen molar-refractivity contribution in [2.24, 2.45) is 11.1 Å². The average molecular weight is 193 g/mol. The van der Waals surface area contributed by atoms with Crippen LogP contribution in [0.3, 0.4) is 0 Å². The predicted octanol–water partition coefficient (Wildman–Crippen LogP) is -0.197. The molecule has 0 saturated heterocycles. The van der Waals surface area contributed by atoms with Crippen molar-refractivity contribution in [3.05, 3.63) is 0 Å². The van der Waals surface area contributed by atoms with Gasteiger partial charge in [0.2, 0.25) is 0 Å². The van der Waals surface area contributed by atoms with Crippen LogP contribution in [0, 0.1) is 5.41 Å². The normalized spacial score (nSPS) is 17.0. The first-order valence-corrected chi connectivity index (χ1v) is 5.28. The standard InChI is InChI=1S/C7H15NO3S/c1-7(2,4-12(3)11)5(8)6(9)10/h5H,4,8H2,1-3H3,(H,9,10)/t5-,12-/m1/s1. The molecule has 0 fully saturated rings. The van der Waals surface area contributed by atoms with Crippen LogP contribution in [0.25, 0.3) is 0 Å². The van der Waals surface area contributed by atoms with E-state index >= 15 is 0 Å². The molecule has 3 N–H and O–H groups in total. The van der Waals surface area contributed by atoms with Gasteiger partial charge in [0, 0.05) is 28.2 Å². The van der Waals surface area contributed by atoms with E-state index in [4.69, 9.17) is 10.8 Å². The van der Waals surface area contributed by atoms with Gasteiger partial charge in [-0.05, 0) is 0 Å². The second kappa shape index (κ2) is 4.00. The van der Waals surface area contributed by atoms with Crippen molar-refractivity contribution >= 4 is 16.8 Å². The van der Waals surface area contributed by atoms with Crippen LogP contribution in [0.15, 0.2) is 0 Å². The van der Waals surface area contributed by atoms with Gasteiger partial charge in [-0.25, -0.2) is 0 Å². The zero-order valence-electron chi connectivity index (χ0n) is 7.53. The topological polar surface area (TPSA) is 80.4 Å². The van der Waals surface area contributed by atoms with Crippen molar-refractivity contribution in [1.82, 2.24) is 0 Å². The summed E-state index contributed by atoms with van der Waals surface area (Å²) in [5.41, 5.74) is 4.79. The van der Waals surface area contributed by atoms with E-state index in [1.165, 1.54) is 6.26 Å². The molecule has 0 rings (SSSR count). The third-order valence-electron chi connectivity index (χ3n) is 1.68. The van der Waals surface area contributed by atoms with E-state index in [0.717, 1.165) is 0 Å². The largest absolute Gasteiger partial charge is 0.480 e. The summed E-state index contributed by atoms with van der Waals surface area (Å²) < 4.78 is 10.8. The molecule has 5 heteroatoms. The molecule has 0 unspecified atom stereocenters. The second-order valence-electron chi connectivity index (χ2n) is 3.52. The fourth-order valence-electron chi connectivity index (χ4n) is 0.948. The van der Waals surface area contributed by atoms with Gasteiger partial charge in [-0.1, -0.05) is 13.8 Å². The van der Waals surface area contributed by atoms with Crippen LogP contribution >= 0.6 is 0 Å². The molecule has 0 saturated carbocycles. The molecule has 4 nitrogen and oxygen atoms in total. The Hall–Kier alpha value is -0.420. The maximum Gasteiger partial charge on any atom is 0.321 e. The Balaban J connectivity index is 4.38. The zero-order valence-corrected chi connectivity index (χ0v) is 8.35. The van der Waals surface area contributed by atoms with Gasteiger partial charge in [0.05, 0.1) is 0 Å². The summed E-state index contributed by atoms with van der Waals surface area (Å²) in [5.74, 6) is -0.744. The Kier molecular flexibility index (Phi) is 3.86. The second-order valence-corrected chi connectivity index (χ2v) is 4.96. The average Bonchev–Trinajstić information content (AvgIpc) is 1.82. The van der Waals surface area contributed by atoms with Crippen LogP contribution in [0.4, 0.5) is 0 Å². The number of hydrogen-bond donors (Lipinski definition) is 2. The highest BCUT2D eigenvalue weighted by Crippen LogP contribution is 2.20. The highest BCUT2D eigenvalue weighted by Gasteiger charge is 2.32. The summed E-state index contributed by atoms with van der Waals surface area (Å²) in [6.07, 6.45) is 1.54. The van der Waals surface area contributed by atoms with Crippen molar-refractivity contribution in [2.75, 3.05) is 12.0 Å². The molecule has 0 bridgehead atoms. The first-order valence-electron chi connectivity index (χ1n) is 3.56. The number of nitrogens with two attached hydrogens (primary N) is 1. The third kappa shape index (κ3) is 3.32. The fraction of sp³-hybridized carbons (Fsp3) is 0.857. The molecule has 0 aliphatic rings. The minimum absolute atomic E-state index is 0.306. The number of carbonyl (C=O) groups is 1. The van der Waals surface area contributed by atoms with E-state index in [-0.39, 0.29) is 0 Å². The molecule has 72 valence electrons. The first-order chi connectivity index (χ1) is 5.27. The van der Waals surface area contributed by atoms with Crippen molar-refractivity contribution < 1.29 is 14.1 Å². The van der Waals surface area contributed by atoms with Gasteiger partial charge in [0.1, 0.15) is 6.04 Å². The van der Waals surface area contributed by atoms with E-state index in [1.807, 2.05) is 0 Å². The summed E-state index contributed by atoms with van der Waals surface area (Å²) in [5, 5.41) is 8.61. The minimum Gasteiger partial charge on any atom is -0.480 e. The number of rotatable bonds is 4. The Morgan fingerprint density at radius 2 is 2.08 bits per heavy atom. The van der Waals surface area contributed by atoms with Crippen LogP contribution in [0.5, 0.6) is 0 Å². The summed E-state index contributed by atoms with van der Waals surface area (Å²) in [6, 6.07) is -0.957. The molecule has 0 amide bonds. The van der Waals surface area contributed by atoms with Gasteiger partial charge < -0.3 is 10.8 Å². The Morgan fingerprint density at radius 1 is 1.67 bits per heavy atom. The van der Waals surface area contributed by atoms with Crippen molar-refractivity contribution in [3.63, 3.8) is 0 Å². The smallest absolute Gasteiger partial charge is 0.321 e. The van der Waals surface area contributed by atoms with Crippen molar-refractivity contribution in [3.8, 4) is 0 Å². The van der Waals surface area contributed by atoms with Crippen LogP contribution in [-0.4, -0.2) is 33.3 Å². The number of hydrogen-bond acceptors (Lipinski definition) is 3. The Bertz CT molecular complexity index is 203. The highest BCUT2D eigenvalue weighted by molar-refractivity contribution is 7.84. The lowest BCUT2D eigenvalue weighted by molar-refractivity contribution is -0.140. The van der Waals surface area contributed by atoms with Gasteiger partial charge in [0.25, 0.3) is 0 Å². The van der Waals surface area contributed by atoms with E-state index < -0.39 is 28.2 Å². The molecule has 0 aromatic carbocycles. The van der Waals surface area contributed by atoms with Crippen LogP contribution in [0.1, 0.15) is 13.8 Å². The molecule has 0 aromatic rings. The van der Waals surface area contributed by atoms with E-state index in [0.29, 0.717) is 5.75 Å². The molecular weight excluding hydrogens is 178 g/mol. The molecule has 0 spiro atoms. The van der Waals surface area contributed by atoms with E-state index in [9.17, 15) is 9.00 Å². The summed E-state index contributed by atoms with van der Waals surface area (Å²) in [4.78, 5) is 10.5. The molecule has 2 atom stereocenters. The maximum absolute atomic E-state index is 10.8. The molecular formula is C7H15NO3S. The zero-order chi connectivity index (χ0) is 9.94. The number of carboxylic acids is 1. The number of aliphatic carboxylic acids is 1. The molecule has 0 radical (unpaired) electrons. The molecule has 12 heavy (non-hydrogen) atoms. The van der Waals surface area contributed by atoms with Crippen LogP contribution in [0.2, 0.25) is 0 Å². The predicted molar refractivity (Wildman–Crippen MR) is 48.3 cm³/mol. The molecule has 0 aliphatic carbocycles. The fourth-order valence-corrected chi connectivity index (χ4v) is 2.18. The summed E-state index contributed by atoms with van der Waals surface area (Å²) in [6.45, 7) is 3.40. The molecule has 0 aliphatic heterocycles. The van der Waals surface area contributed by atoms with E-state index in [1.54, 1.807) is 13.8 Å². The lowest BCUT2D eigenvalue weighted by Crippen LogP contribution is -2.46. The number of carboxylic acid groups (broad SMARTS) is 1. The first kappa shape index (κ1) is 11.6. The monoisotopic (exact) mass is 193 g/mol. The SMILES string of the molecule is C[S@@](=O)CC(C)(C)[C@H](N)C(=O)O. The molecule has 0 aromatic heterocycles. The summed E-state index contributed by atoms with van der Waals surface area (Å²) >= 11 is 0. The van der Waals surface area contributed by atoms with E-state index in [2.05, 4.69) is 0 Å². The Labute approximate surface area is 74.6 Å². The van der Waals surface area contributed by atoms with Gasteiger partial charge in [0.15, 0.2) is 0 Å².